The SMILES string of the molecule is O=[N+]([O-])CC(O)c1ccccc1OCc1ccccc1. The Morgan fingerprint density at radius 3 is 2.45 bits per heavy atom. The van der Waals surface area contributed by atoms with Gasteiger partial charge in [-0.15, -0.1) is 0 Å². The predicted molar refractivity (Wildman–Crippen MR) is 74.0 cm³/mol. The zero-order valence-electron chi connectivity index (χ0n) is 10.8. The smallest absolute Gasteiger partial charge is 0.233 e. The number of nitro groups is 1. The van der Waals surface area contributed by atoms with Crippen LogP contribution in [0, 0.1) is 10.1 Å². The van der Waals surface area contributed by atoms with Crippen molar-refractivity contribution in [3.8, 4) is 5.75 Å². The molecule has 5 nitrogen and oxygen atoms in total. The maximum atomic E-state index is 10.5. The molecule has 1 unspecified atom stereocenters. The van der Waals surface area contributed by atoms with Gasteiger partial charge in [0.15, 0.2) is 0 Å². The van der Waals surface area contributed by atoms with Crippen molar-refractivity contribution in [2.24, 2.45) is 0 Å². The van der Waals surface area contributed by atoms with Crippen LogP contribution in [0.4, 0.5) is 0 Å². The summed E-state index contributed by atoms with van der Waals surface area (Å²) in [6.07, 6.45) is -1.17. The quantitative estimate of drug-likeness (QED) is 0.648. The van der Waals surface area contributed by atoms with E-state index < -0.39 is 17.6 Å². The molecule has 0 amide bonds. The first-order valence-corrected chi connectivity index (χ1v) is 6.22. The fourth-order valence-corrected chi connectivity index (χ4v) is 1.86. The summed E-state index contributed by atoms with van der Waals surface area (Å²) >= 11 is 0. The first-order valence-electron chi connectivity index (χ1n) is 6.22. The van der Waals surface area contributed by atoms with Crippen molar-refractivity contribution in [2.75, 3.05) is 6.54 Å². The van der Waals surface area contributed by atoms with E-state index in [9.17, 15) is 15.2 Å². The van der Waals surface area contributed by atoms with Crippen molar-refractivity contribution in [1.29, 1.82) is 0 Å². The summed E-state index contributed by atoms with van der Waals surface area (Å²) in [5.74, 6) is 0.464. The number of para-hydroxylation sites is 1. The third kappa shape index (κ3) is 3.80. The van der Waals surface area contributed by atoms with Gasteiger partial charge in [0.2, 0.25) is 6.54 Å². The van der Waals surface area contributed by atoms with Gasteiger partial charge in [-0.25, -0.2) is 0 Å². The molecule has 2 rings (SSSR count). The van der Waals surface area contributed by atoms with Crippen molar-refractivity contribution < 1.29 is 14.8 Å². The van der Waals surface area contributed by atoms with Crippen LogP contribution < -0.4 is 4.74 Å². The Morgan fingerprint density at radius 1 is 1.10 bits per heavy atom. The largest absolute Gasteiger partial charge is 0.489 e. The molecule has 0 saturated heterocycles. The van der Waals surface area contributed by atoms with Crippen LogP contribution in [-0.2, 0) is 6.61 Å². The molecule has 2 aromatic carbocycles. The molecular formula is C15H15NO4. The van der Waals surface area contributed by atoms with Crippen molar-refractivity contribution in [3.63, 3.8) is 0 Å². The summed E-state index contributed by atoms with van der Waals surface area (Å²) in [4.78, 5) is 9.94. The Hall–Kier alpha value is -2.40. The van der Waals surface area contributed by atoms with Crippen molar-refractivity contribution in [3.05, 3.63) is 75.8 Å². The van der Waals surface area contributed by atoms with Crippen molar-refractivity contribution in [2.45, 2.75) is 12.7 Å². The normalized spacial score (nSPS) is 11.8. The highest BCUT2D eigenvalue weighted by molar-refractivity contribution is 5.35. The molecule has 0 saturated carbocycles. The van der Waals surface area contributed by atoms with Crippen LogP contribution in [0.1, 0.15) is 17.2 Å². The molecule has 2 aromatic rings. The number of hydrogen-bond donors (Lipinski definition) is 1. The predicted octanol–water partition coefficient (Wildman–Crippen LogP) is 2.58. The first kappa shape index (κ1) is 14.0. The lowest BCUT2D eigenvalue weighted by Crippen LogP contribution is -2.13. The van der Waals surface area contributed by atoms with Gasteiger partial charge in [0.1, 0.15) is 18.5 Å². The second-order valence-corrected chi connectivity index (χ2v) is 4.34. The Balaban J connectivity index is 2.09. The van der Waals surface area contributed by atoms with Crippen LogP contribution in [-0.4, -0.2) is 16.6 Å². The molecule has 20 heavy (non-hydrogen) atoms. The minimum Gasteiger partial charge on any atom is -0.489 e. The van der Waals surface area contributed by atoms with Gasteiger partial charge < -0.3 is 9.84 Å². The summed E-state index contributed by atoms with van der Waals surface area (Å²) in [7, 11) is 0. The molecule has 0 aliphatic carbocycles. The molecule has 5 heteroatoms. The fraction of sp³-hybridized carbons (Fsp3) is 0.200. The zero-order chi connectivity index (χ0) is 14.4. The van der Waals surface area contributed by atoms with Gasteiger partial charge in [0.25, 0.3) is 0 Å². The minimum atomic E-state index is -1.17. The molecule has 0 radical (unpaired) electrons. The topological polar surface area (TPSA) is 72.6 Å². The Labute approximate surface area is 116 Å². The third-order valence-electron chi connectivity index (χ3n) is 2.84. The second-order valence-electron chi connectivity index (χ2n) is 4.34. The first-order chi connectivity index (χ1) is 9.66. The number of aliphatic hydroxyl groups excluding tert-OH is 1. The molecule has 0 heterocycles. The van der Waals surface area contributed by atoms with E-state index in [1.807, 2.05) is 30.3 Å². The van der Waals surface area contributed by atoms with Gasteiger partial charge in [-0.2, -0.15) is 0 Å². The van der Waals surface area contributed by atoms with E-state index in [-0.39, 0.29) is 0 Å². The molecule has 0 aromatic heterocycles. The van der Waals surface area contributed by atoms with Gasteiger partial charge in [-0.05, 0) is 11.6 Å². The van der Waals surface area contributed by atoms with Crippen LogP contribution in [0.25, 0.3) is 0 Å². The average molecular weight is 273 g/mol. The van der Waals surface area contributed by atoms with Crippen LogP contribution in [0.5, 0.6) is 5.75 Å². The van der Waals surface area contributed by atoms with E-state index in [2.05, 4.69) is 0 Å². The Kier molecular flexibility index (Phi) is 4.68. The minimum absolute atomic E-state index is 0.350. The van der Waals surface area contributed by atoms with E-state index in [1.165, 1.54) is 0 Å². The van der Waals surface area contributed by atoms with E-state index in [1.54, 1.807) is 24.3 Å². The number of hydrogen-bond acceptors (Lipinski definition) is 4. The molecule has 0 bridgehead atoms. The molecule has 1 atom stereocenters. The summed E-state index contributed by atoms with van der Waals surface area (Å²) < 4.78 is 5.64. The number of ether oxygens (including phenoxy) is 1. The second kappa shape index (κ2) is 6.68. The Morgan fingerprint density at radius 2 is 1.75 bits per heavy atom. The van der Waals surface area contributed by atoms with Crippen molar-refractivity contribution in [1.82, 2.24) is 0 Å². The molecule has 0 aliphatic rings. The van der Waals surface area contributed by atoms with Gasteiger partial charge in [0.05, 0.1) is 0 Å². The highest BCUT2D eigenvalue weighted by atomic mass is 16.6. The molecule has 1 N–H and O–H groups in total. The van der Waals surface area contributed by atoms with Crippen LogP contribution in [0.15, 0.2) is 54.6 Å². The lowest BCUT2D eigenvalue weighted by atomic mass is 10.1. The zero-order valence-corrected chi connectivity index (χ0v) is 10.8. The van der Waals surface area contributed by atoms with Crippen LogP contribution >= 0.6 is 0 Å². The standard InChI is InChI=1S/C15H15NO4/c17-14(10-16(18)19)13-8-4-5-9-15(13)20-11-12-6-2-1-3-7-12/h1-9,14,17H,10-11H2. The molecular weight excluding hydrogens is 258 g/mol. The number of aliphatic hydroxyl groups is 1. The lowest BCUT2D eigenvalue weighted by Gasteiger charge is -2.13. The molecule has 104 valence electrons. The number of benzene rings is 2. The highest BCUT2D eigenvalue weighted by Crippen LogP contribution is 2.25. The fourth-order valence-electron chi connectivity index (χ4n) is 1.86. The number of rotatable bonds is 6. The van der Waals surface area contributed by atoms with E-state index in [4.69, 9.17) is 4.74 Å². The highest BCUT2D eigenvalue weighted by Gasteiger charge is 2.18. The summed E-state index contributed by atoms with van der Waals surface area (Å²) in [5, 5.41) is 20.3. The van der Waals surface area contributed by atoms with E-state index in [0.29, 0.717) is 17.9 Å². The summed E-state index contributed by atoms with van der Waals surface area (Å²) in [6.45, 7) is -0.186. The van der Waals surface area contributed by atoms with Gasteiger partial charge >= 0.3 is 0 Å². The average Bonchev–Trinajstić information content (AvgIpc) is 2.46. The molecule has 0 fully saturated rings. The number of nitrogens with zero attached hydrogens (tertiary/aromatic N) is 1. The van der Waals surface area contributed by atoms with Crippen LogP contribution in [0.2, 0.25) is 0 Å². The summed E-state index contributed by atoms with van der Waals surface area (Å²) in [6, 6.07) is 16.4. The Bertz CT molecular complexity index is 571. The maximum absolute atomic E-state index is 10.5. The molecule has 0 spiro atoms. The van der Waals surface area contributed by atoms with Gasteiger partial charge in [-0.1, -0.05) is 48.5 Å². The van der Waals surface area contributed by atoms with Crippen molar-refractivity contribution >= 4 is 0 Å². The monoisotopic (exact) mass is 273 g/mol. The van der Waals surface area contributed by atoms with Crippen LogP contribution in [0.3, 0.4) is 0 Å². The third-order valence-corrected chi connectivity index (χ3v) is 2.84. The summed E-state index contributed by atoms with van der Waals surface area (Å²) in [5.41, 5.74) is 1.42. The van der Waals surface area contributed by atoms with Gasteiger partial charge in [0, 0.05) is 10.5 Å². The molecule has 0 aliphatic heterocycles. The van der Waals surface area contributed by atoms with Gasteiger partial charge in [-0.3, -0.25) is 10.1 Å². The van der Waals surface area contributed by atoms with E-state index >= 15 is 0 Å². The lowest BCUT2D eigenvalue weighted by molar-refractivity contribution is -0.491. The van der Waals surface area contributed by atoms with E-state index in [0.717, 1.165) is 5.56 Å². The maximum Gasteiger partial charge on any atom is 0.233 e.